The summed E-state index contributed by atoms with van der Waals surface area (Å²) < 4.78 is 5.11. The molecule has 0 aliphatic carbocycles. The van der Waals surface area contributed by atoms with Crippen LogP contribution in [0.1, 0.15) is 0 Å². The Morgan fingerprint density at radius 2 is 1.70 bits per heavy atom. The zero-order chi connectivity index (χ0) is 13.9. The predicted octanol–water partition coefficient (Wildman–Crippen LogP) is 5.30. The molecule has 0 aromatic carbocycles. The Bertz CT molecular complexity index is 735. The van der Waals surface area contributed by atoms with Crippen LogP contribution in [0.4, 0.5) is 0 Å². The first-order chi connectivity index (χ1) is 9.76. The third-order valence-electron chi connectivity index (χ3n) is 2.56. The molecule has 0 amide bonds. The number of esters is 1. The first-order valence-corrected chi connectivity index (χ1v) is 8.35. The van der Waals surface area contributed by atoms with E-state index in [1.165, 1.54) is 32.0 Å². The summed E-state index contributed by atoms with van der Waals surface area (Å²) in [5.74, 6) is -0.427. The minimum Gasteiger partial charge on any atom is -0.412 e. The zero-order valence-corrected chi connectivity index (χ0v) is 12.8. The van der Waals surface area contributed by atoms with E-state index in [2.05, 4.69) is 36.2 Å². The minimum absolute atomic E-state index is 0.427. The lowest BCUT2D eigenvalue weighted by atomic mass is 10.3. The number of thiophene rings is 3. The quantitative estimate of drug-likeness (QED) is 0.482. The Morgan fingerprint density at radius 3 is 2.40 bits per heavy atom. The smallest absolute Gasteiger partial charge is 0.336 e. The monoisotopic (exact) mass is 318 g/mol. The summed E-state index contributed by atoms with van der Waals surface area (Å²) in [5.41, 5.74) is 0. The van der Waals surface area contributed by atoms with Crippen molar-refractivity contribution >= 4 is 40.0 Å². The fourth-order valence-electron chi connectivity index (χ4n) is 1.67. The highest BCUT2D eigenvalue weighted by atomic mass is 32.1. The van der Waals surface area contributed by atoms with Gasteiger partial charge in [0.2, 0.25) is 0 Å². The van der Waals surface area contributed by atoms with E-state index in [1.54, 1.807) is 22.7 Å². The van der Waals surface area contributed by atoms with Gasteiger partial charge in [-0.25, -0.2) is 4.79 Å². The van der Waals surface area contributed by atoms with Crippen LogP contribution in [0.15, 0.2) is 54.4 Å². The molecule has 0 N–H and O–H groups in total. The summed E-state index contributed by atoms with van der Waals surface area (Å²) in [6.07, 6.45) is 1.17. The highest BCUT2D eigenvalue weighted by Gasteiger charge is 2.10. The van der Waals surface area contributed by atoms with Crippen molar-refractivity contribution in [3.8, 4) is 24.6 Å². The molecular weight excluding hydrogens is 308 g/mol. The lowest BCUT2D eigenvalue weighted by Gasteiger charge is -1.94. The number of hydrogen-bond acceptors (Lipinski definition) is 5. The van der Waals surface area contributed by atoms with Crippen LogP contribution in [0, 0.1) is 0 Å². The van der Waals surface area contributed by atoms with Crippen LogP contribution >= 0.6 is 34.0 Å². The van der Waals surface area contributed by atoms with Crippen LogP contribution in [0.3, 0.4) is 0 Å². The number of rotatable bonds is 4. The first kappa shape index (κ1) is 13.3. The molecule has 2 nitrogen and oxygen atoms in total. The molecule has 0 aliphatic rings. The molecule has 0 fully saturated rings. The molecule has 3 aromatic rings. The molecule has 20 heavy (non-hydrogen) atoms. The molecule has 0 saturated heterocycles. The molecule has 100 valence electrons. The largest absolute Gasteiger partial charge is 0.412 e. The Kier molecular flexibility index (Phi) is 3.82. The van der Waals surface area contributed by atoms with E-state index in [4.69, 9.17) is 4.74 Å². The van der Waals surface area contributed by atoms with Crippen LogP contribution < -0.4 is 4.74 Å². The van der Waals surface area contributed by atoms with Crippen molar-refractivity contribution in [2.24, 2.45) is 0 Å². The molecule has 3 aromatic heterocycles. The molecule has 5 heteroatoms. The summed E-state index contributed by atoms with van der Waals surface area (Å²) in [4.78, 5) is 16.0. The zero-order valence-electron chi connectivity index (χ0n) is 10.4. The Balaban J connectivity index is 1.83. The Hall–Kier alpha value is -1.69. The van der Waals surface area contributed by atoms with Gasteiger partial charge in [-0.1, -0.05) is 24.0 Å². The normalized spacial score (nSPS) is 10.4. The van der Waals surface area contributed by atoms with Gasteiger partial charge in [0, 0.05) is 25.6 Å². The SMILES string of the molecule is C=CC(=O)Oc1ccc(-c2ccc(-c3cccs3)s2)s1. The fraction of sp³-hybridized carbons (Fsp3) is 0. The fourth-order valence-corrected chi connectivity index (χ4v) is 4.46. The van der Waals surface area contributed by atoms with Crippen molar-refractivity contribution < 1.29 is 9.53 Å². The van der Waals surface area contributed by atoms with Crippen molar-refractivity contribution in [2.45, 2.75) is 0 Å². The molecule has 0 aliphatic heterocycles. The highest BCUT2D eigenvalue weighted by Crippen LogP contribution is 2.40. The van der Waals surface area contributed by atoms with Gasteiger partial charge in [-0.05, 0) is 35.7 Å². The van der Waals surface area contributed by atoms with Gasteiger partial charge in [-0.3, -0.25) is 0 Å². The van der Waals surface area contributed by atoms with E-state index >= 15 is 0 Å². The number of ether oxygens (including phenoxy) is 1. The average Bonchev–Trinajstić information content (AvgIpc) is 3.18. The van der Waals surface area contributed by atoms with Crippen molar-refractivity contribution in [3.05, 3.63) is 54.4 Å². The van der Waals surface area contributed by atoms with E-state index in [0.29, 0.717) is 5.06 Å². The van der Waals surface area contributed by atoms with E-state index in [1.807, 2.05) is 12.1 Å². The van der Waals surface area contributed by atoms with Crippen LogP contribution in [0.2, 0.25) is 0 Å². The van der Waals surface area contributed by atoms with Gasteiger partial charge in [0.05, 0.1) is 0 Å². The molecule has 3 heterocycles. The van der Waals surface area contributed by atoms with Crippen molar-refractivity contribution in [2.75, 3.05) is 0 Å². The third-order valence-corrected chi connectivity index (χ3v) is 5.87. The maximum absolute atomic E-state index is 11.2. The van der Waals surface area contributed by atoms with Crippen molar-refractivity contribution in [3.63, 3.8) is 0 Å². The summed E-state index contributed by atoms with van der Waals surface area (Å²) in [7, 11) is 0. The van der Waals surface area contributed by atoms with E-state index in [0.717, 1.165) is 4.88 Å². The van der Waals surface area contributed by atoms with Crippen LogP contribution in [0.25, 0.3) is 19.5 Å². The molecule has 0 bridgehead atoms. The predicted molar refractivity (Wildman–Crippen MR) is 86.8 cm³/mol. The first-order valence-electron chi connectivity index (χ1n) is 5.84. The standard InChI is InChI=1S/C15H10O2S3/c1-2-14(16)17-15-8-7-13(20-15)12-6-5-11(19-12)10-4-3-9-18-10/h2-9H,1H2. The maximum Gasteiger partial charge on any atom is 0.336 e. The lowest BCUT2D eigenvalue weighted by Crippen LogP contribution is -2.00. The number of carbonyl (C=O) groups is 1. The minimum atomic E-state index is -0.427. The van der Waals surface area contributed by atoms with Gasteiger partial charge in [0.25, 0.3) is 0 Å². The second kappa shape index (κ2) is 5.75. The molecule has 0 spiro atoms. The molecule has 0 saturated carbocycles. The molecule has 3 rings (SSSR count). The van der Waals surface area contributed by atoms with Crippen molar-refractivity contribution in [1.82, 2.24) is 0 Å². The van der Waals surface area contributed by atoms with E-state index < -0.39 is 5.97 Å². The lowest BCUT2D eigenvalue weighted by molar-refractivity contribution is -0.128. The van der Waals surface area contributed by atoms with Gasteiger partial charge in [0.1, 0.15) is 0 Å². The Labute approximate surface area is 128 Å². The van der Waals surface area contributed by atoms with Gasteiger partial charge < -0.3 is 4.74 Å². The number of hydrogen-bond donors (Lipinski definition) is 0. The maximum atomic E-state index is 11.2. The van der Waals surface area contributed by atoms with E-state index in [-0.39, 0.29) is 0 Å². The third kappa shape index (κ3) is 2.75. The van der Waals surface area contributed by atoms with Gasteiger partial charge >= 0.3 is 5.97 Å². The number of carbonyl (C=O) groups excluding carboxylic acids is 1. The summed E-state index contributed by atoms with van der Waals surface area (Å²) in [6.45, 7) is 3.39. The van der Waals surface area contributed by atoms with Crippen LogP contribution in [0.5, 0.6) is 5.06 Å². The summed E-state index contributed by atoms with van der Waals surface area (Å²) >= 11 is 4.94. The molecule has 0 atom stereocenters. The molecular formula is C15H10O2S3. The van der Waals surface area contributed by atoms with Crippen molar-refractivity contribution in [1.29, 1.82) is 0 Å². The van der Waals surface area contributed by atoms with Gasteiger partial charge in [-0.2, -0.15) is 0 Å². The van der Waals surface area contributed by atoms with Gasteiger partial charge in [-0.15, -0.1) is 22.7 Å². The highest BCUT2D eigenvalue weighted by molar-refractivity contribution is 7.26. The van der Waals surface area contributed by atoms with Gasteiger partial charge in [0.15, 0.2) is 5.06 Å². The molecule has 0 radical (unpaired) electrons. The topological polar surface area (TPSA) is 26.3 Å². The summed E-state index contributed by atoms with van der Waals surface area (Å²) in [6, 6.07) is 12.2. The van der Waals surface area contributed by atoms with Crippen LogP contribution in [-0.2, 0) is 4.79 Å². The molecule has 0 unspecified atom stereocenters. The van der Waals surface area contributed by atoms with Crippen LogP contribution in [-0.4, -0.2) is 5.97 Å². The van der Waals surface area contributed by atoms with E-state index in [9.17, 15) is 4.79 Å². The Morgan fingerprint density at radius 1 is 1.00 bits per heavy atom. The second-order valence-electron chi connectivity index (χ2n) is 3.89. The summed E-state index contributed by atoms with van der Waals surface area (Å²) in [5, 5.41) is 2.67. The second-order valence-corrected chi connectivity index (χ2v) is 6.96. The average molecular weight is 318 g/mol.